The standard InChI is InChI=1S/C24H28N6O/c1-4-30(19-7-5-18(15-25)6-8-19)24(31)29-14-11-17(2)22(16-29)28(3)21-10-13-27-23-20(21)9-12-26-23/h5-10,12-13,17,22H,4,11,14,16H2,1-3H3,(H,26,27)/t17-,22?/m1/s1. The fourth-order valence-electron chi connectivity index (χ4n) is 4.47. The molecular weight excluding hydrogens is 388 g/mol. The van der Waals surface area contributed by atoms with Crippen LogP contribution in [-0.2, 0) is 0 Å². The van der Waals surface area contributed by atoms with Gasteiger partial charge in [-0.05, 0) is 55.7 Å². The number of nitrogens with zero attached hydrogens (tertiary/aromatic N) is 5. The summed E-state index contributed by atoms with van der Waals surface area (Å²) < 4.78 is 0. The lowest BCUT2D eigenvalue weighted by molar-refractivity contribution is 0.167. The van der Waals surface area contributed by atoms with Crippen molar-refractivity contribution in [3.63, 3.8) is 0 Å². The van der Waals surface area contributed by atoms with E-state index in [1.54, 1.807) is 17.0 Å². The van der Waals surface area contributed by atoms with Gasteiger partial charge in [0.2, 0.25) is 0 Å². The molecule has 1 saturated heterocycles. The number of urea groups is 1. The zero-order valence-corrected chi connectivity index (χ0v) is 18.2. The van der Waals surface area contributed by atoms with E-state index in [2.05, 4.69) is 34.9 Å². The Hall–Kier alpha value is -3.53. The number of aromatic amines is 1. The zero-order valence-electron chi connectivity index (χ0n) is 18.2. The molecule has 0 aliphatic carbocycles. The van der Waals surface area contributed by atoms with E-state index in [0.717, 1.165) is 35.4 Å². The number of hydrogen-bond acceptors (Lipinski definition) is 4. The smallest absolute Gasteiger partial charge is 0.324 e. The van der Waals surface area contributed by atoms with Gasteiger partial charge in [-0.1, -0.05) is 6.92 Å². The van der Waals surface area contributed by atoms with Crippen molar-refractivity contribution < 1.29 is 4.79 Å². The van der Waals surface area contributed by atoms with Gasteiger partial charge in [0, 0.05) is 61.9 Å². The number of nitrogens with one attached hydrogen (secondary N) is 1. The molecule has 160 valence electrons. The molecule has 1 unspecified atom stereocenters. The summed E-state index contributed by atoms with van der Waals surface area (Å²) in [5, 5.41) is 10.1. The number of anilines is 2. The number of carbonyl (C=O) groups is 1. The predicted molar refractivity (Wildman–Crippen MR) is 123 cm³/mol. The Bertz CT molecular complexity index is 1100. The minimum Gasteiger partial charge on any atom is -0.369 e. The number of H-pyrrole nitrogens is 1. The fraction of sp³-hybridized carbons (Fsp3) is 0.375. The molecule has 1 fully saturated rings. The second kappa shape index (κ2) is 8.68. The Kier molecular flexibility index (Phi) is 5.81. The summed E-state index contributed by atoms with van der Waals surface area (Å²) in [6.07, 6.45) is 4.68. The molecule has 0 radical (unpaired) electrons. The summed E-state index contributed by atoms with van der Waals surface area (Å²) >= 11 is 0. The summed E-state index contributed by atoms with van der Waals surface area (Å²) in [6, 6.07) is 13.6. The molecule has 2 atom stereocenters. The molecule has 2 amide bonds. The summed E-state index contributed by atoms with van der Waals surface area (Å²) in [4.78, 5) is 27.0. The van der Waals surface area contributed by atoms with E-state index >= 15 is 0 Å². The van der Waals surface area contributed by atoms with Crippen molar-refractivity contribution in [2.75, 3.05) is 36.5 Å². The SMILES string of the molecule is CCN(C(=O)N1CC[C@@H](C)C(N(C)c2ccnc3[nH]ccc23)C1)c1ccc(C#N)cc1. The molecule has 3 aromatic rings. The van der Waals surface area contributed by atoms with Gasteiger partial charge in [0.25, 0.3) is 0 Å². The average molecular weight is 417 g/mol. The molecule has 31 heavy (non-hydrogen) atoms. The van der Waals surface area contributed by atoms with Crippen LogP contribution in [0.1, 0.15) is 25.8 Å². The highest BCUT2D eigenvalue weighted by atomic mass is 16.2. The summed E-state index contributed by atoms with van der Waals surface area (Å²) in [5.41, 5.74) is 3.41. The lowest BCUT2D eigenvalue weighted by atomic mass is 9.92. The maximum Gasteiger partial charge on any atom is 0.324 e. The third-order valence-electron chi connectivity index (χ3n) is 6.36. The molecule has 0 saturated carbocycles. The number of fused-ring (bicyclic) bond motifs is 1. The van der Waals surface area contributed by atoms with Gasteiger partial charge < -0.3 is 14.8 Å². The van der Waals surface area contributed by atoms with Gasteiger partial charge in [-0.15, -0.1) is 0 Å². The molecule has 0 spiro atoms. The highest BCUT2D eigenvalue weighted by molar-refractivity contribution is 5.92. The molecule has 3 heterocycles. The normalized spacial score (nSPS) is 18.6. The van der Waals surface area contributed by atoms with Crippen molar-refractivity contribution in [2.45, 2.75) is 26.3 Å². The Morgan fingerprint density at radius 1 is 1.29 bits per heavy atom. The van der Waals surface area contributed by atoms with Crippen LogP contribution in [0.3, 0.4) is 0 Å². The first kappa shape index (κ1) is 20.7. The molecule has 7 nitrogen and oxygen atoms in total. The second-order valence-electron chi connectivity index (χ2n) is 8.15. The average Bonchev–Trinajstić information content (AvgIpc) is 3.29. The number of amides is 2. The van der Waals surface area contributed by atoms with E-state index in [-0.39, 0.29) is 12.1 Å². The summed E-state index contributed by atoms with van der Waals surface area (Å²) in [5.74, 6) is 0.459. The number of piperidine rings is 1. The quantitative estimate of drug-likeness (QED) is 0.690. The van der Waals surface area contributed by atoms with Crippen molar-refractivity contribution in [1.82, 2.24) is 14.9 Å². The van der Waals surface area contributed by atoms with Crippen molar-refractivity contribution in [3.8, 4) is 6.07 Å². The molecule has 7 heteroatoms. The number of aromatic nitrogens is 2. The van der Waals surface area contributed by atoms with E-state index in [9.17, 15) is 4.79 Å². The van der Waals surface area contributed by atoms with Crippen LogP contribution in [0.5, 0.6) is 0 Å². The highest BCUT2D eigenvalue weighted by Crippen LogP contribution is 2.31. The van der Waals surface area contributed by atoms with Crippen LogP contribution in [0.25, 0.3) is 11.0 Å². The van der Waals surface area contributed by atoms with Crippen LogP contribution in [0, 0.1) is 17.2 Å². The topological polar surface area (TPSA) is 79.3 Å². The molecule has 0 bridgehead atoms. The Morgan fingerprint density at radius 2 is 2.06 bits per heavy atom. The molecule has 1 aromatic carbocycles. The second-order valence-corrected chi connectivity index (χ2v) is 8.15. The van der Waals surface area contributed by atoms with E-state index in [0.29, 0.717) is 24.6 Å². The first-order valence-corrected chi connectivity index (χ1v) is 10.7. The van der Waals surface area contributed by atoms with Gasteiger partial charge in [-0.25, -0.2) is 9.78 Å². The van der Waals surface area contributed by atoms with Crippen LogP contribution in [0.4, 0.5) is 16.2 Å². The van der Waals surface area contributed by atoms with Crippen LogP contribution < -0.4 is 9.80 Å². The number of carbonyl (C=O) groups excluding carboxylic acids is 1. The van der Waals surface area contributed by atoms with Gasteiger partial charge in [-0.2, -0.15) is 5.26 Å². The number of hydrogen-bond donors (Lipinski definition) is 1. The monoisotopic (exact) mass is 416 g/mol. The van der Waals surface area contributed by atoms with Gasteiger partial charge in [-0.3, -0.25) is 4.90 Å². The van der Waals surface area contributed by atoms with Gasteiger partial charge in [0.15, 0.2) is 0 Å². The lowest BCUT2D eigenvalue weighted by Gasteiger charge is -2.43. The number of nitriles is 1. The van der Waals surface area contributed by atoms with E-state index in [1.165, 1.54) is 0 Å². The van der Waals surface area contributed by atoms with Crippen molar-refractivity contribution >= 4 is 28.4 Å². The molecule has 4 rings (SSSR count). The van der Waals surface area contributed by atoms with Gasteiger partial charge in [0.05, 0.1) is 11.6 Å². The molecular formula is C24H28N6O. The van der Waals surface area contributed by atoms with Crippen LogP contribution in [0.2, 0.25) is 0 Å². The number of benzene rings is 1. The molecule has 2 aromatic heterocycles. The Labute approximate surface area is 182 Å². The maximum atomic E-state index is 13.4. The number of pyridine rings is 1. The van der Waals surface area contributed by atoms with E-state index in [1.807, 2.05) is 48.5 Å². The van der Waals surface area contributed by atoms with Crippen molar-refractivity contribution in [3.05, 3.63) is 54.4 Å². The first-order chi connectivity index (χ1) is 15.0. The minimum absolute atomic E-state index is 0.0130. The number of rotatable bonds is 4. The Morgan fingerprint density at radius 3 is 2.77 bits per heavy atom. The Balaban J connectivity index is 1.55. The predicted octanol–water partition coefficient (Wildman–Crippen LogP) is 4.23. The fourth-order valence-corrected chi connectivity index (χ4v) is 4.47. The highest BCUT2D eigenvalue weighted by Gasteiger charge is 2.34. The largest absolute Gasteiger partial charge is 0.369 e. The van der Waals surface area contributed by atoms with Crippen LogP contribution >= 0.6 is 0 Å². The molecule has 1 aliphatic heterocycles. The lowest BCUT2D eigenvalue weighted by Crippen LogP contribution is -2.55. The van der Waals surface area contributed by atoms with Crippen molar-refractivity contribution in [1.29, 1.82) is 5.26 Å². The zero-order chi connectivity index (χ0) is 22.0. The number of likely N-dealkylation sites (tertiary alicyclic amines) is 1. The van der Waals surface area contributed by atoms with Gasteiger partial charge >= 0.3 is 6.03 Å². The third kappa shape index (κ3) is 3.93. The number of likely N-dealkylation sites (N-methyl/N-ethyl adjacent to an activating group) is 1. The maximum absolute atomic E-state index is 13.4. The minimum atomic E-state index is 0.0130. The summed E-state index contributed by atoms with van der Waals surface area (Å²) in [7, 11) is 2.11. The van der Waals surface area contributed by atoms with Gasteiger partial charge in [0.1, 0.15) is 5.65 Å². The first-order valence-electron chi connectivity index (χ1n) is 10.7. The van der Waals surface area contributed by atoms with Crippen LogP contribution in [-0.4, -0.2) is 53.6 Å². The van der Waals surface area contributed by atoms with E-state index < -0.39 is 0 Å². The molecule has 1 aliphatic rings. The van der Waals surface area contributed by atoms with E-state index in [4.69, 9.17) is 5.26 Å². The molecule has 1 N–H and O–H groups in total. The van der Waals surface area contributed by atoms with Crippen LogP contribution in [0.15, 0.2) is 48.8 Å². The summed E-state index contributed by atoms with van der Waals surface area (Å²) in [6.45, 7) is 6.22. The van der Waals surface area contributed by atoms with Crippen molar-refractivity contribution in [2.24, 2.45) is 5.92 Å². The third-order valence-corrected chi connectivity index (χ3v) is 6.36.